The van der Waals surface area contributed by atoms with Gasteiger partial charge in [-0.05, 0) is 24.3 Å². The van der Waals surface area contributed by atoms with Crippen LogP contribution in [0.1, 0.15) is 16.2 Å². The van der Waals surface area contributed by atoms with Crippen molar-refractivity contribution in [3.05, 3.63) is 65.9 Å². The van der Waals surface area contributed by atoms with Crippen molar-refractivity contribution in [3.8, 4) is 11.3 Å². The Hall–Kier alpha value is -3.30. The molecule has 0 unspecified atom stereocenters. The number of anilines is 1. The molecule has 1 aromatic carbocycles. The molecule has 5 nitrogen and oxygen atoms in total. The highest BCUT2D eigenvalue weighted by molar-refractivity contribution is 6.03. The second-order valence-corrected chi connectivity index (χ2v) is 5.17. The molecule has 0 radical (unpaired) electrons. The number of hydrogen-bond acceptors (Lipinski definition) is 3. The van der Waals surface area contributed by atoms with E-state index in [9.17, 15) is 26.7 Å². The summed E-state index contributed by atoms with van der Waals surface area (Å²) in [5.74, 6) is -2.40. The van der Waals surface area contributed by atoms with Crippen LogP contribution in [0.25, 0.3) is 11.3 Å². The van der Waals surface area contributed by atoms with E-state index in [1.165, 1.54) is 12.3 Å². The molecule has 2 heterocycles. The molecule has 10 heteroatoms. The smallest absolute Gasteiger partial charge is 0.355 e. The Morgan fingerprint density at radius 1 is 1.08 bits per heavy atom. The molecule has 1 amide bonds. The first-order chi connectivity index (χ1) is 12.2. The zero-order chi connectivity index (χ0) is 18.9. The van der Waals surface area contributed by atoms with Gasteiger partial charge in [0.1, 0.15) is 11.5 Å². The van der Waals surface area contributed by atoms with Crippen molar-refractivity contribution in [3.63, 3.8) is 0 Å². The van der Waals surface area contributed by atoms with Crippen molar-refractivity contribution in [1.29, 1.82) is 0 Å². The third-order valence-electron chi connectivity index (χ3n) is 3.32. The summed E-state index contributed by atoms with van der Waals surface area (Å²) in [6.07, 6.45) is -2.06. The molecule has 3 aromatic rings. The molecule has 0 aliphatic rings. The fourth-order valence-corrected chi connectivity index (χ4v) is 2.15. The first-order valence-corrected chi connectivity index (χ1v) is 7.08. The summed E-state index contributed by atoms with van der Waals surface area (Å²) in [4.78, 5) is 21.2. The first kappa shape index (κ1) is 17.5. The lowest BCUT2D eigenvalue weighted by Gasteiger charge is -2.09. The third-order valence-corrected chi connectivity index (χ3v) is 3.32. The van der Waals surface area contributed by atoms with Gasteiger partial charge in [-0.15, -0.1) is 0 Å². The summed E-state index contributed by atoms with van der Waals surface area (Å²) in [7, 11) is 0. The van der Waals surface area contributed by atoms with E-state index in [-0.39, 0.29) is 22.6 Å². The predicted octanol–water partition coefficient (Wildman–Crippen LogP) is 4.02. The Morgan fingerprint density at radius 3 is 2.42 bits per heavy atom. The fourth-order valence-electron chi connectivity index (χ4n) is 2.15. The normalized spacial score (nSPS) is 11.4. The highest BCUT2D eigenvalue weighted by Crippen LogP contribution is 2.28. The summed E-state index contributed by atoms with van der Waals surface area (Å²) in [6, 6.07) is 4.31. The summed E-state index contributed by atoms with van der Waals surface area (Å²) in [5, 5.41) is 2.29. The van der Waals surface area contributed by atoms with Gasteiger partial charge in [0.25, 0.3) is 5.91 Å². The van der Waals surface area contributed by atoms with Crippen molar-refractivity contribution in [2.75, 3.05) is 5.32 Å². The van der Waals surface area contributed by atoms with Crippen LogP contribution in [0.3, 0.4) is 0 Å². The number of H-pyrrole nitrogens is 1. The van der Waals surface area contributed by atoms with Crippen LogP contribution in [0.5, 0.6) is 0 Å². The number of nitrogens with one attached hydrogen (secondary N) is 2. The maximum atomic E-state index is 13.8. The Morgan fingerprint density at radius 2 is 1.85 bits per heavy atom. The lowest BCUT2D eigenvalue weighted by atomic mass is 10.1. The fraction of sp³-hybridized carbons (Fsp3) is 0.0625. The largest absolute Gasteiger partial charge is 0.434 e. The van der Waals surface area contributed by atoms with Crippen molar-refractivity contribution < 1.29 is 26.7 Å². The zero-order valence-electron chi connectivity index (χ0n) is 12.7. The number of carbonyl (C=O) groups is 1. The molecule has 0 aliphatic heterocycles. The minimum absolute atomic E-state index is 0.0271. The monoisotopic (exact) mass is 368 g/mol. The maximum Gasteiger partial charge on any atom is 0.434 e. The average molecular weight is 368 g/mol. The number of rotatable bonds is 3. The van der Waals surface area contributed by atoms with Gasteiger partial charge in [-0.25, -0.2) is 13.8 Å². The molecule has 26 heavy (non-hydrogen) atoms. The van der Waals surface area contributed by atoms with Gasteiger partial charge >= 0.3 is 6.18 Å². The molecule has 0 fully saturated rings. The van der Waals surface area contributed by atoms with E-state index in [0.717, 1.165) is 24.4 Å². The van der Waals surface area contributed by atoms with E-state index < -0.39 is 29.4 Å². The summed E-state index contributed by atoms with van der Waals surface area (Å²) in [6.45, 7) is 0. The lowest BCUT2D eigenvalue weighted by molar-refractivity contribution is -0.141. The number of benzene rings is 1. The number of amides is 1. The molecular formula is C16H9F5N4O. The highest BCUT2D eigenvalue weighted by atomic mass is 19.4. The van der Waals surface area contributed by atoms with E-state index in [1.54, 1.807) is 0 Å². The number of aromatic amines is 1. The number of nitrogens with zero attached hydrogens (tertiary/aromatic N) is 2. The SMILES string of the molecule is O=C(Nc1cc(F)cc(-c2cnc(C(F)(F)F)cn2)c1)c1[nH]ccc1F. The maximum absolute atomic E-state index is 13.8. The van der Waals surface area contributed by atoms with Gasteiger partial charge in [-0.2, -0.15) is 13.2 Å². The Balaban J connectivity index is 1.88. The highest BCUT2D eigenvalue weighted by Gasteiger charge is 2.32. The van der Waals surface area contributed by atoms with Gasteiger partial charge in [0.15, 0.2) is 11.5 Å². The molecule has 0 saturated carbocycles. The van der Waals surface area contributed by atoms with E-state index in [0.29, 0.717) is 6.20 Å². The average Bonchev–Trinajstić information content (AvgIpc) is 3.00. The zero-order valence-corrected chi connectivity index (χ0v) is 12.7. The second-order valence-electron chi connectivity index (χ2n) is 5.17. The third kappa shape index (κ3) is 3.68. The quantitative estimate of drug-likeness (QED) is 0.686. The van der Waals surface area contributed by atoms with Crippen molar-refractivity contribution in [1.82, 2.24) is 15.0 Å². The van der Waals surface area contributed by atoms with E-state index >= 15 is 0 Å². The molecule has 0 spiro atoms. The molecule has 0 saturated heterocycles. The number of halogens is 5. The van der Waals surface area contributed by atoms with Crippen LogP contribution >= 0.6 is 0 Å². The number of alkyl halides is 3. The van der Waals surface area contributed by atoms with E-state index in [1.807, 2.05) is 0 Å². The predicted molar refractivity (Wildman–Crippen MR) is 81.1 cm³/mol. The van der Waals surface area contributed by atoms with Gasteiger partial charge < -0.3 is 10.3 Å². The second kappa shape index (κ2) is 6.54. The topological polar surface area (TPSA) is 70.7 Å². The first-order valence-electron chi connectivity index (χ1n) is 7.08. The molecule has 2 N–H and O–H groups in total. The van der Waals surface area contributed by atoms with Crippen molar-refractivity contribution >= 4 is 11.6 Å². The van der Waals surface area contributed by atoms with Crippen LogP contribution in [-0.2, 0) is 6.18 Å². The molecule has 0 atom stereocenters. The van der Waals surface area contributed by atoms with Crippen LogP contribution < -0.4 is 5.32 Å². The van der Waals surface area contributed by atoms with E-state index in [2.05, 4.69) is 20.3 Å². The number of aromatic nitrogens is 3. The number of carbonyl (C=O) groups excluding carboxylic acids is 1. The minimum Gasteiger partial charge on any atom is -0.355 e. The van der Waals surface area contributed by atoms with Crippen LogP contribution in [0.15, 0.2) is 42.9 Å². The molecule has 3 rings (SSSR count). The van der Waals surface area contributed by atoms with Crippen molar-refractivity contribution in [2.45, 2.75) is 6.18 Å². The Kier molecular flexibility index (Phi) is 4.41. The Bertz CT molecular complexity index is 950. The van der Waals surface area contributed by atoms with Gasteiger partial charge in [-0.1, -0.05) is 0 Å². The van der Waals surface area contributed by atoms with Crippen molar-refractivity contribution in [2.24, 2.45) is 0 Å². The Labute approximate surface area is 142 Å². The van der Waals surface area contributed by atoms with Crippen LogP contribution in [0.4, 0.5) is 27.6 Å². The minimum atomic E-state index is -4.65. The standard InChI is InChI=1S/C16H9F5N4O/c17-9-3-8(12-6-24-13(7-23-12)16(19,20)21)4-10(5-9)25-15(26)14-11(18)1-2-22-14/h1-7,22H,(H,25,26). The molecule has 0 aliphatic carbocycles. The van der Waals surface area contributed by atoms with Crippen LogP contribution in [0.2, 0.25) is 0 Å². The summed E-state index contributed by atoms with van der Waals surface area (Å²) < 4.78 is 64.7. The number of hydrogen-bond donors (Lipinski definition) is 2. The summed E-state index contributed by atoms with van der Waals surface area (Å²) >= 11 is 0. The van der Waals surface area contributed by atoms with Gasteiger partial charge in [0.05, 0.1) is 18.1 Å². The van der Waals surface area contributed by atoms with E-state index in [4.69, 9.17) is 0 Å². The molecule has 134 valence electrons. The van der Waals surface area contributed by atoms with Crippen LogP contribution in [0, 0.1) is 11.6 Å². The summed E-state index contributed by atoms with van der Waals surface area (Å²) in [5.41, 5.74) is -1.49. The lowest BCUT2D eigenvalue weighted by Crippen LogP contribution is -2.14. The van der Waals surface area contributed by atoms with Gasteiger partial charge in [-0.3, -0.25) is 9.78 Å². The van der Waals surface area contributed by atoms with Gasteiger partial charge in [0.2, 0.25) is 0 Å². The molecular weight excluding hydrogens is 359 g/mol. The van der Waals surface area contributed by atoms with Gasteiger partial charge in [0, 0.05) is 17.4 Å². The molecule has 2 aromatic heterocycles. The molecule has 0 bridgehead atoms. The van der Waals surface area contributed by atoms with Crippen LogP contribution in [-0.4, -0.2) is 20.9 Å².